The van der Waals surface area contributed by atoms with Gasteiger partial charge in [0, 0.05) is 10.9 Å². The van der Waals surface area contributed by atoms with Crippen LogP contribution >= 0.6 is 11.3 Å². The Morgan fingerprint density at radius 2 is 2.00 bits per heavy atom. The molecule has 0 saturated carbocycles. The number of carbonyl (C=O) groups is 1. The number of hydrogen-bond donors (Lipinski definition) is 2. The highest BCUT2D eigenvalue weighted by Gasteiger charge is 2.22. The lowest BCUT2D eigenvalue weighted by Gasteiger charge is -2.16. The van der Waals surface area contributed by atoms with Gasteiger partial charge in [0.25, 0.3) is 0 Å². The highest BCUT2D eigenvalue weighted by atomic mass is 32.1. The first-order valence-electron chi connectivity index (χ1n) is 6.08. The predicted molar refractivity (Wildman–Crippen MR) is 77.4 cm³/mol. The van der Waals surface area contributed by atoms with E-state index in [1.165, 1.54) is 11.3 Å². The normalized spacial score (nSPS) is 12.4. The first kappa shape index (κ1) is 13.5. The van der Waals surface area contributed by atoms with Gasteiger partial charge >= 0.3 is 5.97 Å². The van der Waals surface area contributed by atoms with Crippen molar-refractivity contribution in [3.63, 3.8) is 0 Å². The smallest absolute Gasteiger partial charge is 0.326 e. The van der Waals surface area contributed by atoms with Gasteiger partial charge in [-0.1, -0.05) is 44.2 Å². The molecule has 0 aliphatic heterocycles. The van der Waals surface area contributed by atoms with E-state index in [0.717, 1.165) is 11.3 Å². The average Bonchev–Trinajstić information content (AvgIpc) is 2.85. The summed E-state index contributed by atoms with van der Waals surface area (Å²) in [5, 5.41) is 14.7. The number of anilines is 1. The second-order valence-corrected chi connectivity index (χ2v) is 5.47. The maximum atomic E-state index is 11.1. The van der Waals surface area contributed by atoms with Crippen LogP contribution in [0.2, 0.25) is 0 Å². The molecule has 0 fully saturated rings. The molecular formula is C14H16N2O2S. The van der Waals surface area contributed by atoms with Crippen LogP contribution in [0, 0.1) is 5.92 Å². The van der Waals surface area contributed by atoms with Crippen LogP contribution in [0.1, 0.15) is 13.8 Å². The van der Waals surface area contributed by atoms with E-state index in [4.69, 9.17) is 5.11 Å². The molecule has 0 amide bonds. The Balaban J connectivity index is 2.16. The molecule has 2 aromatic rings. The summed E-state index contributed by atoms with van der Waals surface area (Å²) in [6.07, 6.45) is 0. The fourth-order valence-electron chi connectivity index (χ4n) is 1.73. The minimum atomic E-state index is -0.855. The molecule has 19 heavy (non-hydrogen) atoms. The molecule has 100 valence electrons. The van der Waals surface area contributed by atoms with Crippen molar-refractivity contribution in [1.82, 2.24) is 4.98 Å². The van der Waals surface area contributed by atoms with Crippen LogP contribution < -0.4 is 5.32 Å². The molecule has 0 saturated heterocycles. The largest absolute Gasteiger partial charge is 0.480 e. The number of carboxylic acids is 1. The lowest BCUT2D eigenvalue weighted by atomic mass is 10.1. The Hall–Kier alpha value is -1.88. The van der Waals surface area contributed by atoms with E-state index in [-0.39, 0.29) is 5.92 Å². The lowest BCUT2D eigenvalue weighted by Crippen LogP contribution is -2.34. The van der Waals surface area contributed by atoms with Crippen molar-refractivity contribution in [2.75, 3.05) is 5.32 Å². The Morgan fingerprint density at radius 1 is 1.32 bits per heavy atom. The zero-order valence-electron chi connectivity index (χ0n) is 10.8. The van der Waals surface area contributed by atoms with Gasteiger partial charge in [0.1, 0.15) is 6.04 Å². The van der Waals surface area contributed by atoms with Gasteiger partial charge in [-0.2, -0.15) is 0 Å². The summed E-state index contributed by atoms with van der Waals surface area (Å²) in [6.45, 7) is 3.75. The van der Waals surface area contributed by atoms with Crippen LogP contribution in [0.4, 0.5) is 5.13 Å². The molecule has 2 rings (SSSR count). The SMILES string of the molecule is CC(C)C(Nc1nc(-c2ccccc2)cs1)C(=O)O. The summed E-state index contributed by atoms with van der Waals surface area (Å²) >= 11 is 1.42. The van der Waals surface area contributed by atoms with Gasteiger partial charge in [-0.25, -0.2) is 9.78 Å². The minimum absolute atomic E-state index is 0.00146. The van der Waals surface area contributed by atoms with Gasteiger partial charge in [0.15, 0.2) is 5.13 Å². The number of aliphatic carboxylic acids is 1. The molecule has 4 nitrogen and oxygen atoms in total. The van der Waals surface area contributed by atoms with Gasteiger partial charge in [0.05, 0.1) is 5.69 Å². The third-order valence-electron chi connectivity index (χ3n) is 2.79. The van der Waals surface area contributed by atoms with Gasteiger partial charge < -0.3 is 10.4 Å². The molecule has 0 radical (unpaired) electrons. The van der Waals surface area contributed by atoms with Crippen LogP contribution in [0.3, 0.4) is 0 Å². The van der Waals surface area contributed by atoms with E-state index >= 15 is 0 Å². The van der Waals surface area contributed by atoms with Crippen molar-refractivity contribution in [2.45, 2.75) is 19.9 Å². The Bertz CT molecular complexity index is 552. The number of carboxylic acid groups (broad SMARTS) is 1. The highest BCUT2D eigenvalue weighted by Crippen LogP contribution is 2.25. The van der Waals surface area contributed by atoms with E-state index < -0.39 is 12.0 Å². The molecule has 1 atom stereocenters. The van der Waals surface area contributed by atoms with E-state index in [1.807, 2.05) is 49.6 Å². The fraction of sp³-hybridized carbons (Fsp3) is 0.286. The van der Waals surface area contributed by atoms with Crippen molar-refractivity contribution >= 4 is 22.4 Å². The minimum Gasteiger partial charge on any atom is -0.480 e. The van der Waals surface area contributed by atoms with Gasteiger partial charge in [-0.3, -0.25) is 0 Å². The van der Waals surface area contributed by atoms with Crippen molar-refractivity contribution in [3.8, 4) is 11.3 Å². The van der Waals surface area contributed by atoms with Crippen LogP contribution in [0.25, 0.3) is 11.3 Å². The number of aromatic nitrogens is 1. The van der Waals surface area contributed by atoms with Gasteiger partial charge in [0.2, 0.25) is 0 Å². The topological polar surface area (TPSA) is 62.2 Å². The molecule has 2 N–H and O–H groups in total. The monoisotopic (exact) mass is 276 g/mol. The van der Waals surface area contributed by atoms with Crippen molar-refractivity contribution in [3.05, 3.63) is 35.7 Å². The standard InChI is InChI=1S/C14H16N2O2S/c1-9(2)12(13(17)18)16-14-15-11(8-19-14)10-6-4-3-5-7-10/h3-9,12H,1-2H3,(H,15,16)(H,17,18). The maximum absolute atomic E-state index is 11.1. The number of rotatable bonds is 5. The summed E-state index contributed by atoms with van der Waals surface area (Å²) in [5.74, 6) is -0.854. The molecule has 1 unspecified atom stereocenters. The lowest BCUT2D eigenvalue weighted by molar-refractivity contribution is -0.138. The summed E-state index contributed by atoms with van der Waals surface area (Å²) in [6, 6.07) is 9.21. The van der Waals surface area contributed by atoms with E-state index in [1.54, 1.807) is 0 Å². The zero-order chi connectivity index (χ0) is 13.8. The molecule has 0 bridgehead atoms. The number of hydrogen-bond acceptors (Lipinski definition) is 4. The number of nitrogens with one attached hydrogen (secondary N) is 1. The fourth-order valence-corrected chi connectivity index (χ4v) is 2.49. The van der Waals surface area contributed by atoms with Crippen LogP contribution in [-0.2, 0) is 4.79 Å². The molecule has 0 aliphatic carbocycles. The summed E-state index contributed by atoms with van der Waals surface area (Å²) < 4.78 is 0. The quantitative estimate of drug-likeness (QED) is 0.879. The number of benzene rings is 1. The summed E-state index contributed by atoms with van der Waals surface area (Å²) in [7, 11) is 0. The van der Waals surface area contributed by atoms with E-state index in [2.05, 4.69) is 10.3 Å². The van der Waals surface area contributed by atoms with Gasteiger partial charge in [-0.05, 0) is 5.92 Å². The summed E-state index contributed by atoms with van der Waals surface area (Å²) in [5.41, 5.74) is 1.89. The van der Waals surface area contributed by atoms with Crippen LogP contribution in [0.15, 0.2) is 35.7 Å². The second kappa shape index (κ2) is 5.84. The third-order valence-corrected chi connectivity index (χ3v) is 3.56. The average molecular weight is 276 g/mol. The first-order chi connectivity index (χ1) is 9.08. The molecule has 0 spiro atoms. The Morgan fingerprint density at radius 3 is 2.58 bits per heavy atom. The van der Waals surface area contributed by atoms with Gasteiger partial charge in [-0.15, -0.1) is 11.3 Å². The Labute approximate surface area is 116 Å². The predicted octanol–water partition coefficient (Wildman–Crippen LogP) is 3.33. The number of thiazole rings is 1. The highest BCUT2D eigenvalue weighted by molar-refractivity contribution is 7.14. The van der Waals surface area contributed by atoms with Crippen LogP contribution in [-0.4, -0.2) is 22.1 Å². The zero-order valence-corrected chi connectivity index (χ0v) is 11.6. The molecule has 0 aliphatic rings. The van der Waals surface area contributed by atoms with E-state index in [0.29, 0.717) is 5.13 Å². The molecule has 1 aromatic carbocycles. The van der Waals surface area contributed by atoms with Crippen molar-refractivity contribution < 1.29 is 9.90 Å². The first-order valence-corrected chi connectivity index (χ1v) is 6.96. The molecule has 5 heteroatoms. The Kier molecular flexibility index (Phi) is 4.16. The third kappa shape index (κ3) is 3.32. The van der Waals surface area contributed by atoms with E-state index in [9.17, 15) is 4.79 Å². The summed E-state index contributed by atoms with van der Waals surface area (Å²) in [4.78, 5) is 15.6. The van der Waals surface area contributed by atoms with Crippen LogP contribution in [0.5, 0.6) is 0 Å². The van der Waals surface area contributed by atoms with Crippen molar-refractivity contribution in [2.24, 2.45) is 5.92 Å². The molecular weight excluding hydrogens is 260 g/mol. The maximum Gasteiger partial charge on any atom is 0.326 e. The number of nitrogens with zero attached hydrogens (tertiary/aromatic N) is 1. The van der Waals surface area contributed by atoms with Crippen molar-refractivity contribution in [1.29, 1.82) is 0 Å². The molecule has 1 aromatic heterocycles. The second-order valence-electron chi connectivity index (χ2n) is 4.61. The molecule has 1 heterocycles.